The standard InChI is InChI=1S/C20H22ClN5O2/c1-13-17-18(21)16(20(27)25-9-7-24(2)8-10-25)12-22-19(17)26(23-13)14-5-4-6-15(11-14)28-3/h4-6,11-12H,7-10H2,1-3H3. The highest BCUT2D eigenvalue weighted by Gasteiger charge is 2.25. The molecule has 4 rings (SSSR count). The molecule has 0 radical (unpaired) electrons. The summed E-state index contributed by atoms with van der Waals surface area (Å²) >= 11 is 6.67. The smallest absolute Gasteiger partial charge is 0.257 e. The number of rotatable bonds is 3. The Balaban J connectivity index is 1.76. The van der Waals surface area contributed by atoms with Crippen LogP contribution in [0, 0.1) is 6.92 Å². The van der Waals surface area contributed by atoms with Crippen LogP contribution in [0.2, 0.25) is 5.02 Å². The zero-order valence-corrected chi connectivity index (χ0v) is 16.9. The predicted octanol–water partition coefficient (Wildman–Crippen LogP) is 2.78. The van der Waals surface area contributed by atoms with Crippen LogP contribution in [-0.4, -0.2) is 70.8 Å². The number of benzene rings is 1. The van der Waals surface area contributed by atoms with Crippen LogP contribution in [0.25, 0.3) is 16.7 Å². The van der Waals surface area contributed by atoms with Crippen molar-refractivity contribution in [2.75, 3.05) is 40.3 Å². The Labute approximate surface area is 168 Å². The van der Waals surface area contributed by atoms with Crippen molar-refractivity contribution >= 4 is 28.5 Å². The van der Waals surface area contributed by atoms with Crippen molar-refractivity contribution in [2.45, 2.75) is 6.92 Å². The van der Waals surface area contributed by atoms with Gasteiger partial charge in [-0.3, -0.25) is 4.79 Å². The second-order valence-corrected chi connectivity index (χ2v) is 7.36. The quantitative estimate of drug-likeness (QED) is 0.677. The lowest BCUT2D eigenvalue weighted by atomic mass is 10.1. The van der Waals surface area contributed by atoms with E-state index in [0.29, 0.717) is 34.7 Å². The number of hydrogen-bond acceptors (Lipinski definition) is 5. The lowest BCUT2D eigenvalue weighted by molar-refractivity contribution is 0.0664. The first-order chi connectivity index (χ1) is 13.5. The first-order valence-electron chi connectivity index (χ1n) is 9.15. The fourth-order valence-corrected chi connectivity index (χ4v) is 3.81. The highest BCUT2D eigenvalue weighted by Crippen LogP contribution is 2.31. The number of hydrogen-bond donors (Lipinski definition) is 0. The molecule has 1 fully saturated rings. The number of carbonyl (C=O) groups is 1. The number of methoxy groups -OCH3 is 1. The van der Waals surface area contributed by atoms with Gasteiger partial charge < -0.3 is 14.5 Å². The van der Waals surface area contributed by atoms with Gasteiger partial charge in [-0.2, -0.15) is 5.10 Å². The monoisotopic (exact) mass is 399 g/mol. The van der Waals surface area contributed by atoms with Crippen molar-refractivity contribution in [1.29, 1.82) is 0 Å². The van der Waals surface area contributed by atoms with E-state index in [1.165, 1.54) is 0 Å². The molecular formula is C20H22ClN5O2. The first kappa shape index (κ1) is 18.7. The van der Waals surface area contributed by atoms with Gasteiger partial charge in [0.15, 0.2) is 5.65 Å². The molecule has 8 heteroatoms. The van der Waals surface area contributed by atoms with Crippen molar-refractivity contribution in [1.82, 2.24) is 24.6 Å². The Bertz CT molecular complexity index is 1040. The molecule has 0 unspecified atom stereocenters. The minimum Gasteiger partial charge on any atom is -0.497 e. The zero-order chi connectivity index (χ0) is 19.8. The van der Waals surface area contributed by atoms with Gasteiger partial charge in [-0.05, 0) is 26.1 Å². The van der Waals surface area contributed by atoms with Crippen LogP contribution in [0.3, 0.4) is 0 Å². The first-order valence-corrected chi connectivity index (χ1v) is 9.53. The van der Waals surface area contributed by atoms with Gasteiger partial charge in [0.25, 0.3) is 5.91 Å². The van der Waals surface area contributed by atoms with Crippen LogP contribution < -0.4 is 4.74 Å². The number of aryl methyl sites for hydroxylation is 1. The number of halogens is 1. The van der Waals surface area contributed by atoms with E-state index >= 15 is 0 Å². The summed E-state index contributed by atoms with van der Waals surface area (Å²) in [5.74, 6) is 0.646. The topological polar surface area (TPSA) is 63.5 Å². The Kier molecular flexibility index (Phi) is 4.95. The molecule has 1 saturated heterocycles. The molecular weight excluding hydrogens is 378 g/mol. The predicted molar refractivity (Wildman–Crippen MR) is 109 cm³/mol. The largest absolute Gasteiger partial charge is 0.497 e. The summed E-state index contributed by atoms with van der Waals surface area (Å²) in [4.78, 5) is 21.6. The summed E-state index contributed by atoms with van der Waals surface area (Å²) in [6, 6.07) is 7.57. The molecule has 0 spiro atoms. The number of nitrogens with zero attached hydrogens (tertiary/aromatic N) is 5. The van der Waals surface area contributed by atoms with Crippen LogP contribution in [0.5, 0.6) is 5.75 Å². The van der Waals surface area contributed by atoms with Crippen molar-refractivity contribution < 1.29 is 9.53 Å². The van der Waals surface area contributed by atoms with E-state index in [2.05, 4.69) is 22.0 Å². The average molecular weight is 400 g/mol. The molecule has 1 aromatic carbocycles. The maximum absolute atomic E-state index is 13.0. The Morgan fingerprint density at radius 2 is 1.96 bits per heavy atom. The summed E-state index contributed by atoms with van der Waals surface area (Å²) < 4.78 is 7.03. The number of fused-ring (bicyclic) bond motifs is 1. The molecule has 7 nitrogen and oxygen atoms in total. The number of carbonyl (C=O) groups excluding carboxylic acids is 1. The number of piperazine rings is 1. The molecule has 0 aliphatic carbocycles. The number of aromatic nitrogens is 3. The van der Waals surface area contributed by atoms with Crippen molar-refractivity contribution in [3.8, 4) is 11.4 Å². The van der Waals surface area contributed by atoms with Crippen LogP contribution in [0.15, 0.2) is 30.5 Å². The summed E-state index contributed by atoms with van der Waals surface area (Å²) in [5, 5.41) is 5.70. The molecule has 1 amide bonds. The van der Waals surface area contributed by atoms with Gasteiger partial charge in [-0.15, -0.1) is 0 Å². The lowest BCUT2D eigenvalue weighted by Crippen LogP contribution is -2.47. The van der Waals surface area contributed by atoms with E-state index in [9.17, 15) is 4.79 Å². The van der Waals surface area contributed by atoms with E-state index in [1.807, 2.05) is 36.1 Å². The van der Waals surface area contributed by atoms with Gasteiger partial charge in [-0.25, -0.2) is 9.67 Å². The van der Waals surface area contributed by atoms with Crippen molar-refractivity contribution in [2.24, 2.45) is 0 Å². The maximum atomic E-state index is 13.0. The third-order valence-corrected chi connectivity index (χ3v) is 5.52. The Hall–Kier alpha value is -2.64. The molecule has 0 saturated carbocycles. The van der Waals surface area contributed by atoms with E-state index in [-0.39, 0.29) is 5.91 Å². The van der Waals surface area contributed by atoms with E-state index in [1.54, 1.807) is 18.0 Å². The molecule has 1 aliphatic rings. The summed E-state index contributed by atoms with van der Waals surface area (Å²) in [6.45, 7) is 4.95. The zero-order valence-electron chi connectivity index (χ0n) is 16.1. The number of amides is 1. The van der Waals surface area contributed by atoms with Crippen LogP contribution >= 0.6 is 11.6 Å². The molecule has 0 bridgehead atoms. The highest BCUT2D eigenvalue weighted by atomic mass is 35.5. The van der Waals surface area contributed by atoms with Gasteiger partial charge >= 0.3 is 0 Å². The second kappa shape index (κ2) is 7.41. The molecule has 146 valence electrons. The molecule has 0 atom stereocenters. The Morgan fingerprint density at radius 3 is 2.68 bits per heavy atom. The summed E-state index contributed by atoms with van der Waals surface area (Å²) in [6.07, 6.45) is 1.56. The van der Waals surface area contributed by atoms with E-state index < -0.39 is 0 Å². The molecule has 3 heterocycles. The van der Waals surface area contributed by atoms with Crippen LogP contribution in [0.4, 0.5) is 0 Å². The van der Waals surface area contributed by atoms with Crippen LogP contribution in [0.1, 0.15) is 16.1 Å². The SMILES string of the molecule is COc1cccc(-n2nc(C)c3c(Cl)c(C(=O)N4CCN(C)CC4)cnc32)c1. The maximum Gasteiger partial charge on any atom is 0.257 e. The number of pyridine rings is 1. The molecule has 3 aromatic rings. The molecule has 0 N–H and O–H groups in total. The fraction of sp³-hybridized carbons (Fsp3) is 0.350. The van der Waals surface area contributed by atoms with Crippen molar-refractivity contribution in [3.63, 3.8) is 0 Å². The molecule has 2 aromatic heterocycles. The number of likely N-dealkylation sites (N-methyl/N-ethyl adjacent to an activating group) is 1. The summed E-state index contributed by atoms with van der Waals surface area (Å²) in [5.41, 5.74) is 2.58. The third kappa shape index (κ3) is 3.21. The van der Waals surface area contributed by atoms with Gasteiger partial charge in [0.05, 0.1) is 34.5 Å². The lowest BCUT2D eigenvalue weighted by Gasteiger charge is -2.32. The minimum absolute atomic E-state index is 0.0824. The van der Waals surface area contributed by atoms with E-state index in [0.717, 1.165) is 30.2 Å². The highest BCUT2D eigenvalue weighted by molar-refractivity contribution is 6.38. The normalized spacial score (nSPS) is 15.2. The molecule has 1 aliphatic heterocycles. The van der Waals surface area contributed by atoms with Gasteiger partial charge in [-0.1, -0.05) is 17.7 Å². The summed E-state index contributed by atoms with van der Waals surface area (Å²) in [7, 11) is 3.68. The van der Waals surface area contributed by atoms with Gasteiger partial charge in [0.2, 0.25) is 0 Å². The minimum atomic E-state index is -0.0824. The van der Waals surface area contributed by atoms with Crippen molar-refractivity contribution in [3.05, 3.63) is 46.7 Å². The second-order valence-electron chi connectivity index (χ2n) is 6.98. The third-order valence-electron chi connectivity index (χ3n) is 5.13. The van der Waals surface area contributed by atoms with E-state index in [4.69, 9.17) is 16.3 Å². The average Bonchev–Trinajstić information content (AvgIpc) is 3.06. The Morgan fingerprint density at radius 1 is 1.21 bits per heavy atom. The van der Waals surface area contributed by atoms with Gasteiger partial charge in [0.1, 0.15) is 5.75 Å². The van der Waals surface area contributed by atoms with Gasteiger partial charge in [0, 0.05) is 38.4 Å². The van der Waals surface area contributed by atoms with Crippen LogP contribution in [-0.2, 0) is 0 Å². The number of ether oxygens (including phenoxy) is 1. The fourth-order valence-electron chi connectivity index (χ4n) is 3.46. The molecule has 28 heavy (non-hydrogen) atoms.